The van der Waals surface area contributed by atoms with Crippen LogP contribution in [0.1, 0.15) is 61.3 Å². The van der Waals surface area contributed by atoms with Gasteiger partial charge in [-0.05, 0) is 30.1 Å². The summed E-state index contributed by atoms with van der Waals surface area (Å²) in [5.74, 6) is 1.43. The van der Waals surface area contributed by atoms with Crippen LogP contribution >= 0.6 is 0 Å². The van der Waals surface area contributed by atoms with Gasteiger partial charge in [-0.1, -0.05) is 60.1 Å². The Morgan fingerprint density at radius 1 is 1.14 bits per heavy atom. The van der Waals surface area contributed by atoms with Crippen LogP contribution in [0, 0.1) is 17.3 Å². The highest BCUT2D eigenvalue weighted by Gasteiger charge is 2.17. The maximum Gasteiger partial charge on any atom is -0.0175 e. The van der Waals surface area contributed by atoms with Crippen molar-refractivity contribution < 1.29 is 0 Å². The van der Waals surface area contributed by atoms with Gasteiger partial charge < -0.3 is 0 Å². The number of hydrogen-bond donors (Lipinski definition) is 0. The fourth-order valence-corrected chi connectivity index (χ4v) is 1.67. The average Bonchev–Trinajstić information content (AvgIpc) is 2.13. The molecule has 0 aromatic rings. The first kappa shape index (κ1) is 13.7. The lowest BCUT2D eigenvalue weighted by Gasteiger charge is -2.25. The van der Waals surface area contributed by atoms with Gasteiger partial charge in [-0.25, -0.2) is 0 Å². The summed E-state index contributed by atoms with van der Waals surface area (Å²) in [5, 5.41) is 0. The van der Waals surface area contributed by atoms with Crippen LogP contribution in [0.25, 0.3) is 0 Å². The van der Waals surface area contributed by atoms with Gasteiger partial charge in [0.05, 0.1) is 0 Å². The van der Waals surface area contributed by atoms with E-state index in [4.69, 9.17) is 0 Å². The highest BCUT2D eigenvalue weighted by atomic mass is 14.2. The fourth-order valence-electron chi connectivity index (χ4n) is 1.67. The van der Waals surface area contributed by atoms with Gasteiger partial charge in [0, 0.05) is 0 Å². The molecule has 1 unspecified atom stereocenters. The van der Waals surface area contributed by atoms with Crippen molar-refractivity contribution in [1.82, 2.24) is 0 Å². The Morgan fingerprint density at radius 3 is 1.93 bits per heavy atom. The quantitative estimate of drug-likeness (QED) is 0.540. The number of hydrogen-bond acceptors (Lipinski definition) is 0. The Morgan fingerprint density at radius 2 is 1.64 bits per heavy atom. The first-order chi connectivity index (χ1) is 6.34. The molecule has 0 fully saturated rings. The molecule has 84 valence electrons. The van der Waals surface area contributed by atoms with E-state index in [1.165, 1.54) is 12.8 Å². The molecule has 0 aliphatic heterocycles. The first-order valence-corrected chi connectivity index (χ1v) is 6.06. The van der Waals surface area contributed by atoms with Gasteiger partial charge in [0.25, 0.3) is 0 Å². The minimum Gasteiger partial charge on any atom is -0.0791 e. The van der Waals surface area contributed by atoms with Crippen LogP contribution in [0.5, 0.6) is 0 Å². The second-order valence-electron chi connectivity index (χ2n) is 5.45. The van der Waals surface area contributed by atoms with E-state index in [9.17, 15) is 0 Å². The van der Waals surface area contributed by atoms with E-state index in [-0.39, 0.29) is 0 Å². The largest absolute Gasteiger partial charge is 0.0791 e. The third kappa shape index (κ3) is 4.30. The normalized spacial score (nSPS) is 16.1. The molecule has 0 amide bonds. The highest BCUT2D eigenvalue weighted by Crippen LogP contribution is 2.30. The summed E-state index contributed by atoms with van der Waals surface area (Å²) in [6.45, 7) is 16.2. The topological polar surface area (TPSA) is 0 Å². The number of allylic oxidation sites excluding steroid dienone is 2. The fraction of sp³-hybridized carbons (Fsp3) is 0.857. The van der Waals surface area contributed by atoms with Gasteiger partial charge in [-0.15, -0.1) is 0 Å². The van der Waals surface area contributed by atoms with Gasteiger partial charge in [0.1, 0.15) is 0 Å². The molecule has 0 aliphatic rings. The number of rotatable bonds is 5. The van der Waals surface area contributed by atoms with Gasteiger partial charge in [0.2, 0.25) is 0 Å². The summed E-state index contributed by atoms with van der Waals surface area (Å²) in [5.41, 5.74) is 2.00. The van der Waals surface area contributed by atoms with Crippen molar-refractivity contribution in [2.75, 3.05) is 0 Å². The molecule has 0 bridgehead atoms. The molecule has 0 spiro atoms. The van der Waals surface area contributed by atoms with Gasteiger partial charge >= 0.3 is 0 Å². The Hall–Kier alpha value is -0.260. The molecule has 0 heterocycles. The maximum atomic E-state index is 2.51. The molecule has 0 heteroatoms. The summed E-state index contributed by atoms with van der Waals surface area (Å²) < 4.78 is 0. The summed E-state index contributed by atoms with van der Waals surface area (Å²) in [7, 11) is 0. The third-order valence-electron chi connectivity index (χ3n) is 3.32. The second-order valence-corrected chi connectivity index (χ2v) is 5.45. The minimum absolute atomic E-state index is 0.364. The minimum atomic E-state index is 0.364. The van der Waals surface area contributed by atoms with Gasteiger partial charge in [-0.3, -0.25) is 0 Å². The lowest BCUT2D eigenvalue weighted by atomic mass is 9.80. The average molecular weight is 196 g/mol. The lowest BCUT2D eigenvalue weighted by molar-refractivity contribution is 0.440. The first-order valence-electron chi connectivity index (χ1n) is 6.06. The third-order valence-corrected chi connectivity index (χ3v) is 3.32. The molecule has 14 heavy (non-hydrogen) atoms. The van der Waals surface area contributed by atoms with Gasteiger partial charge in [0.15, 0.2) is 0 Å². The molecule has 0 rings (SSSR count). The molecule has 0 saturated heterocycles. The Kier molecular flexibility index (Phi) is 5.48. The SMILES string of the molecule is CCC(C)C(=CC(C)(C)CC)C(C)C. The van der Waals surface area contributed by atoms with E-state index in [1.807, 2.05) is 0 Å². The standard InChI is InChI=1S/C14H28/c1-8-12(5)13(11(3)4)10-14(6,7)9-2/h10-12H,8-9H2,1-7H3. The monoisotopic (exact) mass is 196 g/mol. The zero-order valence-corrected chi connectivity index (χ0v) is 11.1. The van der Waals surface area contributed by atoms with E-state index in [0.29, 0.717) is 11.3 Å². The summed E-state index contributed by atoms with van der Waals surface area (Å²) >= 11 is 0. The van der Waals surface area contributed by atoms with Crippen molar-refractivity contribution in [3.8, 4) is 0 Å². The van der Waals surface area contributed by atoms with Crippen molar-refractivity contribution in [2.24, 2.45) is 17.3 Å². The zero-order chi connectivity index (χ0) is 11.4. The second kappa shape index (κ2) is 5.58. The maximum absolute atomic E-state index is 2.51. The van der Waals surface area contributed by atoms with Gasteiger partial charge in [-0.2, -0.15) is 0 Å². The van der Waals surface area contributed by atoms with E-state index >= 15 is 0 Å². The zero-order valence-electron chi connectivity index (χ0n) is 11.1. The summed E-state index contributed by atoms with van der Waals surface area (Å²) in [4.78, 5) is 0. The summed E-state index contributed by atoms with van der Waals surface area (Å²) in [6, 6.07) is 0. The Labute approximate surface area is 90.8 Å². The van der Waals surface area contributed by atoms with Crippen LogP contribution in [0.3, 0.4) is 0 Å². The molecule has 0 radical (unpaired) electrons. The van der Waals surface area contributed by atoms with Crippen LogP contribution < -0.4 is 0 Å². The predicted molar refractivity (Wildman–Crippen MR) is 66.4 cm³/mol. The molecular weight excluding hydrogens is 168 g/mol. The lowest BCUT2D eigenvalue weighted by Crippen LogP contribution is -2.12. The van der Waals surface area contributed by atoms with Crippen molar-refractivity contribution >= 4 is 0 Å². The molecule has 0 N–H and O–H groups in total. The van der Waals surface area contributed by atoms with Crippen molar-refractivity contribution in [3.05, 3.63) is 11.6 Å². The molecule has 0 aromatic heterocycles. The van der Waals surface area contributed by atoms with Crippen molar-refractivity contribution in [2.45, 2.75) is 61.3 Å². The Balaban J connectivity index is 4.82. The van der Waals surface area contributed by atoms with Crippen LogP contribution in [0.2, 0.25) is 0 Å². The smallest absolute Gasteiger partial charge is 0.0175 e. The van der Waals surface area contributed by atoms with E-state index in [2.05, 4.69) is 54.5 Å². The van der Waals surface area contributed by atoms with Crippen molar-refractivity contribution in [1.29, 1.82) is 0 Å². The van der Waals surface area contributed by atoms with E-state index in [1.54, 1.807) is 5.57 Å². The van der Waals surface area contributed by atoms with Crippen LogP contribution in [-0.4, -0.2) is 0 Å². The van der Waals surface area contributed by atoms with E-state index < -0.39 is 0 Å². The summed E-state index contributed by atoms with van der Waals surface area (Å²) in [6.07, 6.45) is 4.98. The molecular formula is C14H28. The molecule has 0 aromatic carbocycles. The Bertz CT molecular complexity index is 184. The molecule has 0 nitrogen and oxygen atoms in total. The molecule has 0 aliphatic carbocycles. The molecule has 1 atom stereocenters. The predicted octanol–water partition coefficient (Wildman–Crippen LogP) is 5.05. The van der Waals surface area contributed by atoms with Crippen LogP contribution in [-0.2, 0) is 0 Å². The van der Waals surface area contributed by atoms with E-state index in [0.717, 1.165) is 5.92 Å². The highest BCUT2D eigenvalue weighted by molar-refractivity contribution is 5.12. The molecule has 0 saturated carbocycles. The van der Waals surface area contributed by atoms with Crippen LogP contribution in [0.15, 0.2) is 11.6 Å². The van der Waals surface area contributed by atoms with Crippen LogP contribution in [0.4, 0.5) is 0 Å². The van der Waals surface area contributed by atoms with Crippen molar-refractivity contribution in [3.63, 3.8) is 0 Å².